The van der Waals surface area contributed by atoms with Crippen LogP contribution in [0.2, 0.25) is 0 Å². The Morgan fingerprint density at radius 1 is 1.56 bits per heavy atom. The minimum absolute atomic E-state index is 0.0207. The highest BCUT2D eigenvalue weighted by Crippen LogP contribution is 2.04. The molecule has 6 nitrogen and oxygen atoms in total. The molecule has 0 aliphatic carbocycles. The summed E-state index contributed by atoms with van der Waals surface area (Å²) >= 11 is 0. The Morgan fingerprint density at radius 2 is 2.39 bits per heavy atom. The quantitative estimate of drug-likeness (QED) is 0.853. The fourth-order valence-electron chi connectivity index (χ4n) is 1.82. The van der Waals surface area contributed by atoms with Crippen LogP contribution >= 0.6 is 0 Å². The largest absolute Gasteiger partial charge is 0.376 e. The van der Waals surface area contributed by atoms with Crippen LogP contribution in [0.5, 0.6) is 0 Å². The second-order valence-electron chi connectivity index (χ2n) is 4.53. The lowest BCUT2D eigenvalue weighted by Crippen LogP contribution is -2.36. The molecule has 1 unspecified atom stereocenters. The fourth-order valence-corrected chi connectivity index (χ4v) is 1.82. The third kappa shape index (κ3) is 3.08. The lowest BCUT2D eigenvalue weighted by Gasteiger charge is -2.23. The minimum atomic E-state index is -0.107. The van der Waals surface area contributed by atoms with Crippen LogP contribution in [0.3, 0.4) is 0 Å². The number of hydrogen-bond acceptors (Lipinski definition) is 5. The van der Waals surface area contributed by atoms with Crippen LogP contribution in [-0.4, -0.2) is 42.0 Å². The van der Waals surface area contributed by atoms with Crippen molar-refractivity contribution in [3.8, 4) is 0 Å². The van der Waals surface area contributed by atoms with Gasteiger partial charge in [-0.3, -0.25) is 4.79 Å². The minimum Gasteiger partial charge on any atom is -0.376 e. The molecule has 0 bridgehead atoms. The van der Waals surface area contributed by atoms with Crippen molar-refractivity contribution in [2.24, 2.45) is 0 Å². The van der Waals surface area contributed by atoms with Crippen molar-refractivity contribution in [2.45, 2.75) is 26.0 Å². The van der Waals surface area contributed by atoms with E-state index >= 15 is 0 Å². The van der Waals surface area contributed by atoms with Crippen molar-refractivity contribution in [2.75, 3.05) is 31.7 Å². The molecule has 1 aliphatic rings. The maximum Gasteiger partial charge on any atom is 0.293 e. The van der Waals surface area contributed by atoms with E-state index in [1.807, 2.05) is 13.8 Å². The number of nitrogens with one attached hydrogen (secondary N) is 1. The van der Waals surface area contributed by atoms with Gasteiger partial charge in [-0.05, 0) is 13.8 Å². The van der Waals surface area contributed by atoms with E-state index in [0.717, 1.165) is 0 Å². The SMILES string of the molecule is CC(C)n1ccnc(NCC2COCCO2)c1=O. The Hall–Kier alpha value is -1.40. The predicted octanol–water partition coefficient (Wildman–Crippen LogP) is 0.651. The number of ether oxygens (including phenoxy) is 2. The van der Waals surface area contributed by atoms with Gasteiger partial charge in [0, 0.05) is 25.0 Å². The molecule has 0 amide bonds. The smallest absolute Gasteiger partial charge is 0.293 e. The summed E-state index contributed by atoms with van der Waals surface area (Å²) in [6.45, 7) is 6.25. The van der Waals surface area contributed by atoms with Gasteiger partial charge in [0.15, 0.2) is 5.82 Å². The Kier molecular flexibility index (Phi) is 4.33. The van der Waals surface area contributed by atoms with Crippen molar-refractivity contribution < 1.29 is 9.47 Å². The third-order valence-corrected chi connectivity index (χ3v) is 2.81. The molecule has 6 heteroatoms. The van der Waals surface area contributed by atoms with Crippen molar-refractivity contribution in [3.05, 3.63) is 22.7 Å². The van der Waals surface area contributed by atoms with Gasteiger partial charge in [-0.15, -0.1) is 0 Å². The van der Waals surface area contributed by atoms with Crippen LogP contribution < -0.4 is 10.9 Å². The van der Waals surface area contributed by atoms with Gasteiger partial charge in [-0.1, -0.05) is 0 Å². The van der Waals surface area contributed by atoms with E-state index in [-0.39, 0.29) is 17.7 Å². The van der Waals surface area contributed by atoms with E-state index in [9.17, 15) is 4.79 Å². The van der Waals surface area contributed by atoms with Crippen LogP contribution in [0, 0.1) is 0 Å². The molecule has 0 radical (unpaired) electrons. The van der Waals surface area contributed by atoms with Gasteiger partial charge in [-0.25, -0.2) is 4.98 Å². The first kappa shape index (κ1) is 13.0. The maximum atomic E-state index is 12.0. The average molecular weight is 253 g/mol. The Labute approximate surface area is 106 Å². The van der Waals surface area contributed by atoms with Gasteiger partial charge < -0.3 is 19.4 Å². The van der Waals surface area contributed by atoms with Crippen molar-refractivity contribution in [1.82, 2.24) is 9.55 Å². The second-order valence-corrected chi connectivity index (χ2v) is 4.53. The molecule has 1 saturated heterocycles. The molecule has 1 fully saturated rings. The standard InChI is InChI=1S/C12H19N3O3/c1-9(2)15-4-3-13-11(12(15)16)14-7-10-8-17-5-6-18-10/h3-4,9-10H,5-8H2,1-2H3,(H,13,14). The summed E-state index contributed by atoms with van der Waals surface area (Å²) in [6, 6.07) is 0.121. The molecule has 2 heterocycles. The molecule has 0 saturated carbocycles. The summed E-state index contributed by atoms with van der Waals surface area (Å²) in [5.74, 6) is 0.361. The van der Waals surface area contributed by atoms with Gasteiger partial charge in [0.05, 0.1) is 25.9 Å². The molecule has 0 spiro atoms. The summed E-state index contributed by atoms with van der Waals surface area (Å²) in [7, 11) is 0. The molecule has 0 aromatic carbocycles. The second kappa shape index (κ2) is 5.97. The molecule has 1 N–H and O–H groups in total. The predicted molar refractivity (Wildman–Crippen MR) is 67.9 cm³/mol. The summed E-state index contributed by atoms with van der Waals surface area (Å²) in [5, 5.41) is 3.03. The van der Waals surface area contributed by atoms with E-state index in [1.165, 1.54) is 0 Å². The summed E-state index contributed by atoms with van der Waals surface area (Å²) < 4.78 is 12.4. The molecule has 100 valence electrons. The normalized spacial score (nSPS) is 20.1. The van der Waals surface area contributed by atoms with E-state index in [4.69, 9.17) is 9.47 Å². The Morgan fingerprint density at radius 3 is 3.06 bits per heavy atom. The van der Waals surface area contributed by atoms with E-state index in [0.29, 0.717) is 32.2 Å². The first-order chi connectivity index (χ1) is 8.68. The highest BCUT2D eigenvalue weighted by molar-refractivity contribution is 5.31. The zero-order valence-corrected chi connectivity index (χ0v) is 10.8. The molecular weight excluding hydrogens is 234 g/mol. The van der Waals surface area contributed by atoms with Crippen LogP contribution in [0.15, 0.2) is 17.2 Å². The van der Waals surface area contributed by atoms with Crippen molar-refractivity contribution in [3.63, 3.8) is 0 Å². The van der Waals surface area contributed by atoms with Gasteiger partial charge >= 0.3 is 0 Å². The molecular formula is C12H19N3O3. The van der Waals surface area contributed by atoms with Gasteiger partial charge in [0.2, 0.25) is 0 Å². The molecule has 2 rings (SSSR count). The summed E-state index contributed by atoms with van der Waals surface area (Å²) in [5.41, 5.74) is -0.107. The first-order valence-electron chi connectivity index (χ1n) is 6.19. The molecule has 1 aromatic rings. The number of anilines is 1. The zero-order valence-electron chi connectivity index (χ0n) is 10.8. The Balaban J connectivity index is 2.00. The zero-order chi connectivity index (χ0) is 13.0. The molecule has 1 aliphatic heterocycles. The van der Waals surface area contributed by atoms with Gasteiger partial charge in [0.1, 0.15) is 0 Å². The maximum absolute atomic E-state index is 12.0. The topological polar surface area (TPSA) is 65.4 Å². The molecule has 1 atom stereocenters. The highest BCUT2D eigenvalue weighted by atomic mass is 16.6. The summed E-state index contributed by atoms with van der Waals surface area (Å²) in [4.78, 5) is 16.1. The van der Waals surface area contributed by atoms with Crippen LogP contribution in [0.25, 0.3) is 0 Å². The lowest BCUT2D eigenvalue weighted by atomic mass is 10.3. The average Bonchev–Trinajstić information content (AvgIpc) is 2.38. The van der Waals surface area contributed by atoms with E-state index in [1.54, 1.807) is 17.0 Å². The Bertz CT molecular complexity index is 438. The molecule has 18 heavy (non-hydrogen) atoms. The fraction of sp³-hybridized carbons (Fsp3) is 0.667. The third-order valence-electron chi connectivity index (χ3n) is 2.81. The van der Waals surface area contributed by atoms with Crippen LogP contribution in [-0.2, 0) is 9.47 Å². The van der Waals surface area contributed by atoms with Crippen LogP contribution in [0.4, 0.5) is 5.82 Å². The van der Waals surface area contributed by atoms with E-state index in [2.05, 4.69) is 10.3 Å². The number of nitrogens with zero attached hydrogens (tertiary/aromatic N) is 2. The number of aromatic nitrogens is 2. The number of rotatable bonds is 4. The van der Waals surface area contributed by atoms with Crippen molar-refractivity contribution in [1.29, 1.82) is 0 Å². The van der Waals surface area contributed by atoms with E-state index < -0.39 is 0 Å². The highest BCUT2D eigenvalue weighted by Gasteiger charge is 2.15. The first-order valence-corrected chi connectivity index (χ1v) is 6.19. The monoisotopic (exact) mass is 253 g/mol. The molecule has 1 aromatic heterocycles. The van der Waals surface area contributed by atoms with Gasteiger partial charge in [0.25, 0.3) is 5.56 Å². The van der Waals surface area contributed by atoms with Crippen molar-refractivity contribution >= 4 is 5.82 Å². The van der Waals surface area contributed by atoms with Crippen LogP contribution in [0.1, 0.15) is 19.9 Å². The summed E-state index contributed by atoms with van der Waals surface area (Å²) in [6.07, 6.45) is 3.30. The lowest BCUT2D eigenvalue weighted by molar-refractivity contribution is -0.0819. The van der Waals surface area contributed by atoms with Gasteiger partial charge in [-0.2, -0.15) is 0 Å². The number of hydrogen-bond donors (Lipinski definition) is 1.